The van der Waals surface area contributed by atoms with E-state index in [4.69, 9.17) is 0 Å². The van der Waals surface area contributed by atoms with Crippen molar-refractivity contribution >= 4 is 23.5 Å². The monoisotopic (exact) mass is 375 g/mol. The Labute approximate surface area is 162 Å². The topological polar surface area (TPSA) is 35.6 Å². The van der Waals surface area contributed by atoms with Gasteiger partial charge in [-0.15, -0.1) is 11.8 Å². The van der Waals surface area contributed by atoms with Gasteiger partial charge in [-0.3, -0.25) is 0 Å². The largest absolute Gasteiger partial charge is 0.325 e. The maximum atomic E-state index is 12.5. The third-order valence-corrected chi connectivity index (χ3v) is 6.41. The first-order chi connectivity index (χ1) is 12.5. The van der Waals surface area contributed by atoms with Crippen LogP contribution >= 0.6 is 11.8 Å². The van der Waals surface area contributed by atoms with Crippen molar-refractivity contribution in [3.8, 4) is 0 Å². The van der Waals surface area contributed by atoms with Gasteiger partial charge < -0.3 is 15.1 Å². The van der Waals surface area contributed by atoms with Gasteiger partial charge in [0.2, 0.25) is 0 Å². The molecule has 144 valence electrons. The Morgan fingerprint density at radius 3 is 2.54 bits per heavy atom. The third-order valence-electron chi connectivity index (χ3n) is 5.68. The number of amides is 2. The van der Waals surface area contributed by atoms with Gasteiger partial charge in [0, 0.05) is 43.3 Å². The third kappa shape index (κ3) is 5.40. The summed E-state index contributed by atoms with van der Waals surface area (Å²) in [6, 6.07) is 8.10. The number of anilines is 1. The van der Waals surface area contributed by atoms with Crippen molar-refractivity contribution in [1.29, 1.82) is 0 Å². The van der Waals surface area contributed by atoms with E-state index in [0.717, 1.165) is 49.4 Å². The van der Waals surface area contributed by atoms with E-state index >= 15 is 0 Å². The van der Waals surface area contributed by atoms with E-state index in [-0.39, 0.29) is 6.03 Å². The predicted molar refractivity (Wildman–Crippen MR) is 111 cm³/mol. The van der Waals surface area contributed by atoms with Gasteiger partial charge in [-0.05, 0) is 61.5 Å². The minimum absolute atomic E-state index is 0.0434. The number of hydrogen-bond donors (Lipinski definition) is 1. The molecule has 0 saturated carbocycles. The number of likely N-dealkylation sites (tertiary alicyclic amines) is 2. The number of thioether (sulfide) groups is 1. The second kappa shape index (κ2) is 9.14. The number of nitrogens with one attached hydrogen (secondary N) is 1. The van der Waals surface area contributed by atoms with Crippen molar-refractivity contribution in [2.24, 2.45) is 17.8 Å². The number of carbonyl (C=O) groups excluding carboxylic acids is 1. The first-order valence-electron chi connectivity index (χ1n) is 9.96. The molecule has 0 bridgehead atoms. The van der Waals surface area contributed by atoms with Crippen LogP contribution in [0.2, 0.25) is 0 Å². The zero-order chi connectivity index (χ0) is 18.5. The SMILES string of the molecule is CSc1cccc(NC(=O)N2CCC(CN3C[C@@H](C)C[C@H](C)C3)CC2)c1. The van der Waals surface area contributed by atoms with Gasteiger partial charge in [0.25, 0.3) is 0 Å². The highest BCUT2D eigenvalue weighted by atomic mass is 32.2. The Morgan fingerprint density at radius 2 is 1.88 bits per heavy atom. The van der Waals surface area contributed by atoms with Crippen LogP contribution in [0.3, 0.4) is 0 Å². The minimum Gasteiger partial charge on any atom is -0.325 e. The Hall–Kier alpha value is -1.20. The number of hydrogen-bond acceptors (Lipinski definition) is 3. The van der Waals surface area contributed by atoms with Crippen LogP contribution in [-0.4, -0.2) is 54.8 Å². The second-order valence-electron chi connectivity index (χ2n) is 8.26. The highest BCUT2D eigenvalue weighted by Crippen LogP contribution is 2.25. The highest BCUT2D eigenvalue weighted by Gasteiger charge is 2.27. The zero-order valence-corrected chi connectivity index (χ0v) is 17.2. The van der Waals surface area contributed by atoms with Gasteiger partial charge in [0.05, 0.1) is 0 Å². The fraction of sp³-hybridized carbons (Fsp3) is 0.667. The van der Waals surface area contributed by atoms with Crippen LogP contribution in [0.5, 0.6) is 0 Å². The molecule has 0 radical (unpaired) electrons. The molecule has 2 aliphatic rings. The van der Waals surface area contributed by atoms with Crippen LogP contribution in [0.4, 0.5) is 10.5 Å². The smallest absolute Gasteiger partial charge is 0.321 e. The second-order valence-corrected chi connectivity index (χ2v) is 9.14. The standard InChI is InChI=1S/C21H33N3OS/c1-16-11-17(2)14-23(13-16)15-18-7-9-24(10-8-18)21(25)22-19-5-4-6-20(12-19)26-3/h4-6,12,16-18H,7-11,13-15H2,1-3H3,(H,22,25)/t16-,17-/m0/s1. The lowest BCUT2D eigenvalue weighted by Gasteiger charge is -2.39. The number of carbonyl (C=O) groups is 1. The summed E-state index contributed by atoms with van der Waals surface area (Å²) in [7, 11) is 0. The molecule has 0 unspecified atom stereocenters. The predicted octanol–water partition coefficient (Wildman–Crippen LogP) is 4.63. The molecule has 0 aromatic heterocycles. The van der Waals surface area contributed by atoms with E-state index < -0.39 is 0 Å². The van der Waals surface area contributed by atoms with Crippen LogP contribution in [0, 0.1) is 17.8 Å². The molecule has 1 aromatic carbocycles. The Kier molecular flexibility index (Phi) is 6.87. The average molecular weight is 376 g/mol. The number of rotatable bonds is 4. The molecule has 2 atom stereocenters. The molecule has 2 saturated heterocycles. The van der Waals surface area contributed by atoms with E-state index in [2.05, 4.69) is 36.4 Å². The van der Waals surface area contributed by atoms with Gasteiger partial charge >= 0.3 is 6.03 Å². The first-order valence-corrected chi connectivity index (χ1v) is 11.2. The van der Waals surface area contributed by atoms with Crippen molar-refractivity contribution in [1.82, 2.24) is 9.80 Å². The molecule has 0 spiro atoms. The van der Waals surface area contributed by atoms with E-state index in [1.165, 1.54) is 31.0 Å². The maximum absolute atomic E-state index is 12.5. The summed E-state index contributed by atoms with van der Waals surface area (Å²) >= 11 is 1.69. The lowest BCUT2D eigenvalue weighted by atomic mass is 9.89. The van der Waals surface area contributed by atoms with Crippen molar-refractivity contribution < 1.29 is 4.79 Å². The summed E-state index contributed by atoms with van der Waals surface area (Å²) in [6.45, 7) is 10.2. The number of nitrogens with zero attached hydrogens (tertiary/aromatic N) is 2. The molecular weight excluding hydrogens is 342 g/mol. The molecule has 4 nitrogen and oxygen atoms in total. The first kappa shape index (κ1) is 19.6. The van der Waals surface area contributed by atoms with Crippen molar-refractivity contribution in [2.45, 2.75) is 38.0 Å². The molecule has 3 rings (SSSR count). The van der Waals surface area contributed by atoms with Crippen molar-refractivity contribution in [3.63, 3.8) is 0 Å². The Bertz CT molecular complexity index is 591. The summed E-state index contributed by atoms with van der Waals surface area (Å²) in [5, 5.41) is 3.06. The van der Waals surface area contributed by atoms with E-state index in [1.807, 2.05) is 23.1 Å². The lowest BCUT2D eigenvalue weighted by molar-refractivity contribution is 0.101. The molecule has 1 N–H and O–H groups in total. The van der Waals surface area contributed by atoms with E-state index in [1.54, 1.807) is 11.8 Å². The van der Waals surface area contributed by atoms with Crippen LogP contribution in [0.25, 0.3) is 0 Å². The average Bonchev–Trinajstić information content (AvgIpc) is 2.61. The fourth-order valence-corrected chi connectivity index (χ4v) is 4.99. The van der Waals surface area contributed by atoms with E-state index in [0.29, 0.717) is 0 Å². The summed E-state index contributed by atoms with van der Waals surface area (Å²) in [5.74, 6) is 2.37. The summed E-state index contributed by atoms with van der Waals surface area (Å²) in [4.78, 5) is 18.4. The normalized spacial score (nSPS) is 25.3. The number of piperidine rings is 2. The Balaban J connectivity index is 1.45. The van der Waals surface area contributed by atoms with Crippen LogP contribution in [-0.2, 0) is 0 Å². The molecule has 2 amide bonds. The maximum Gasteiger partial charge on any atom is 0.321 e. The molecule has 5 heteroatoms. The molecule has 26 heavy (non-hydrogen) atoms. The van der Waals surface area contributed by atoms with Crippen LogP contribution in [0.15, 0.2) is 29.2 Å². The van der Waals surface area contributed by atoms with Gasteiger partial charge in [0.1, 0.15) is 0 Å². The summed E-state index contributed by atoms with van der Waals surface area (Å²) in [5.41, 5.74) is 0.889. The quantitative estimate of drug-likeness (QED) is 0.779. The number of urea groups is 1. The zero-order valence-electron chi connectivity index (χ0n) is 16.4. The Morgan fingerprint density at radius 1 is 1.19 bits per heavy atom. The molecule has 2 fully saturated rings. The highest BCUT2D eigenvalue weighted by molar-refractivity contribution is 7.98. The van der Waals surface area contributed by atoms with Crippen LogP contribution in [0.1, 0.15) is 33.1 Å². The fourth-order valence-electron chi connectivity index (χ4n) is 4.53. The number of benzene rings is 1. The summed E-state index contributed by atoms with van der Waals surface area (Å²) < 4.78 is 0. The molecule has 0 aliphatic carbocycles. The van der Waals surface area contributed by atoms with E-state index in [9.17, 15) is 4.79 Å². The van der Waals surface area contributed by atoms with Crippen molar-refractivity contribution in [2.75, 3.05) is 44.3 Å². The molecule has 1 aromatic rings. The van der Waals surface area contributed by atoms with Gasteiger partial charge in [-0.25, -0.2) is 4.79 Å². The molecule has 2 heterocycles. The van der Waals surface area contributed by atoms with Gasteiger partial charge in [-0.1, -0.05) is 19.9 Å². The molecular formula is C21H33N3OS. The minimum atomic E-state index is 0.0434. The van der Waals surface area contributed by atoms with Gasteiger partial charge in [-0.2, -0.15) is 0 Å². The lowest BCUT2D eigenvalue weighted by Crippen LogP contribution is -2.46. The van der Waals surface area contributed by atoms with Crippen LogP contribution < -0.4 is 5.32 Å². The van der Waals surface area contributed by atoms with Crippen molar-refractivity contribution in [3.05, 3.63) is 24.3 Å². The summed E-state index contributed by atoms with van der Waals surface area (Å²) in [6.07, 6.45) is 5.66. The van der Waals surface area contributed by atoms with Gasteiger partial charge in [0.15, 0.2) is 0 Å². The molecule has 2 aliphatic heterocycles.